The lowest BCUT2D eigenvalue weighted by atomic mass is 10.1. The minimum Gasteiger partial charge on any atom is -0.493 e. The highest BCUT2D eigenvalue weighted by atomic mass is 127. The molecule has 1 fully saturated rings. The molecule has 0 unspecified atom stereocenters. The summed E-state index contributed by atoms with van der Waals surface area (Å²) >= 11 is 3.60. The monoisotopic (exact) mass is 508 g/mol. The molecular weight excluding hydrogens is 487 g/mol. The van der Waals surface area contributed by atoms with E-state index in [4.69, 9.17) is 9.47 Å². The molecule has 28 heavy (non-hydrogen) atoms. The molecule has 0 N–H and O–H groups in total. The van der Waals surface area contributed by atoms with Crippen LogP contribution in [0, 0.1) is 10.5 Å². The van der Waals surface area contributed by atoms with Crippen molar-refractivity contribution in [3.63, 3.8) is 0 Å². The van der Waals surface area contributed by atoms with Gasteiger partial charge in [-0.1, -0.05) is 29.8 Å². The van der Waals surface area contributed by atoms with E-state index in [2.05, 4.69) is 46.6 Å². The average molecular weight is 508 g/mol. The first kappa shape index (κ1) is 20.7. The Morgan fingerprint density at radius 2 is 2.07 bits per heavy atom. The molecule has 2 aromatic carbocycles. The summed E-state index contributed by atoms with van der Waals surface area (Å²) in [5.41, 5.74) is 3.18. The van der Waals surface area contributed by atoms with E-state index < -0.39 is 0 Å². The van der Waals surface area contributed by atoms with Gasteiger partial charge in [-0.3, -0.25) is 14.7 Å². The molecule has 3 rings (SSSR count). The van der Waals surface area contributed by atoms with E-state index in [-0.39, 0.29) is 5.91 Å². The summed E-state index contributed by atoms with van der Waals surface area (Å²) in [4.78, 5) is 18.7. The third-order valence-corrected chi connectivity index (χ3v) is 6.16. The van der Waals surface area contributed by atoms with Crippen molar-refractivity contribution in [2.45, 2.75) is 13.5 Å². The number of hydrogen-bond donors (Lipinski definition) is 0. The number of carbonyl (C=O) groups is 1. The predicted octanol–water partition coefficient (Wildman–Crippen LogP) is 4.72. The summed E-state index contributed by atoms with van der Waals surface area (Å²) < 4.78 is 12.5. The highest BCUT2D eigenvalue weighted by Gasteiger charge is 2.29. The van der Waals surface area contributed by atoms with E-state index >= 15 is 0 Å². The summed E-state index contributed by atoms with van der Waals surface area (Å²) in [5, 5.41) is 0.691. The molecule has 5 nitrogen and oxygen atoms in total. The van der Waals surface area contributed by atoms with Gasteiger partial charge < -0.3 is 9.47 Å². The molecule has 0 aromatic heterocycles. The Bertz CT molecular complexity index is 972. The molecule has 1 aliphatic rings. The SMILES string of the molecule is CN=C1S/C(=C/c2cc(I)c(OCc3cccc(C)c3)c(OC)c2)C(=O)N1C. The Labute approximate surface area is 183 Å². The van der Waals surface area contributed by atoms with Crippen LogP contribution in [0.4, 0.5) is 0 Å². The Kier molecular flexibility index (Phi) is 6.66. The quantitative estimate of drug-likeness (QED) is 0.434. The number of aliphatic imine (C=N–C) groups is 1. The summed E-state index contributed by atoms with van der Waals surface area (Å²) in [5.74, 6) is 1.28. The first-order valence-corrected chi connectivity index (χ1v) is 10.5. The van der Waals surface area contributed by atoms with Crippen LogP contribution in [-0.2, 0) is 11.4 Å². The number of amidine groups is 1. The second-order valence-electron chi connectivity index (χ2n) is 6.29. The smallest absolute Gasteiger partial charge is 0.266 e. The van der Waals surface area contributed by atoms with Gasteiger partial charge in [0.2, 0.25) is 0 Å². The van der Waals surface area contributed by atoms with Gasteiger partial charge in [-0.15, -0.1) is 0 Å². The second-order valence-corrected chi connectivity index (χ2v) is 8.46. The lowest BCUT2D eigenvalue weighted by Crippen LogP contribution is -2.23. The van der Waals surface area contributed by atoms with Gasteiger partial charge in [-0.25, -0.2) is 0 Å². The van der Waals surface area contributed by atoms with Crippen LogP contribution in [0.1, 0.15) is 16.7 Å². The highest BCUT2D eigenvalue weighted by molar-refractivity contribution is 14.1. The van der Waals surface area contributed by atoms with Crippen molar-refractivity contribution in [2.24, 2.45) is 4.99 Å². The van der Waals surface area contributed by atoms with Crippen molar-refractivity contribution in [2.75, 3.05) is 21.2 Å². The van der Waals surface area contributed by atoms with E-state index in [1.54, 1.807) is 26.1 Å². The number of nitrogens with zero attached hydrogens (tertiary/aromatic N) is 2. The summed E-state index contributed by atoms with van der Waals surface area (Å²) in [6.45, 7) is 2.52. The number of halogens is 1. The molecule has 1 amide bonds. The molecular formula is C21H21IN2O3S. The van der Waals surface area contributed by atoms with Crippen LogP contribution < -0.4 is 9.47 Å². The zero-order valence-corrected chi connectivity index (χ0v) is 19.1. The molecule has 0 radical (unpaired) electrons. The number of carbonyl (C=O) groups excluding carboxylic acids is 1. The van der Waals surface area contributed by atoms with Crippen LogP contribution in [0.3, 0.4) is 0 Å². The van der Waals surface area contributed by atoms with E-state index in [0.29, 0.717) is 28.2 Å². The molecule has 1 aliphatic heterocycles. The molecule has 2 aromatic rings. The Hall–Kier alpha value is -2.00. The third-order valence-electron chi connectivity index (χ3n) is 4.21. The van der Waals surface area contributed by atoms with Crippen LogP contribution in [0.2, 0.25) is 0 Å². The van der Waals surface area contributed by atoms with Crippen LogP contribution in [-0.4, -0.2) is 37.2 Å². The van der Waals surface area contributed by atoms with Crippen molar-refractivity contribution in [1.29, 1.82) is 0 Å². The fraction of sp³-hybridized carbons (Fsp3) is 0.238. The van der Waals surface area contributed by atoms with E-state index in [0.717, 1.165) is 14.7 Å². The molecule has 1 saturated heterocycles. The maximum atomic E-state index is 12.4. The standard InChI is InChI=1S/C21H21IN2O3S/c1-13-6-5-7-14(8-13)12-27-19-16(22)9-15(10-17(19)26-4)11-18-20(25)24(3)21(23-2)28-18/h5-11H,12H2,1-4H3/b18-11+,23-21?. The second kappa shape index (κ2) is 9.00. The number of hydrogen-bond acceptors (Lipinski definition) is 5. The maximum absolute atomic E-state index is 12.4. The number of likely N-dealkylation sites (N-methyl/N-ethyl adjacent to an activating group) is 1. The number of aryl methyl sites for hydroxylation is 1. The minimum atomic E-state index is -0.0562. The molecule has 0 aliphatic carbocycles. The number of rotatable bonds is 5. The first-order valence-electron chi connectivity index (χ1n) is 8.63. The zero-order valence-electron chi connectivity index (χ0n) is 16.2. The van der Waals surface area contributed by atoms with Gasteiger partial charge in [0.05, 0.1) is 15.6 Å². The number of amides is 1. The lowest BCUT2D eigenvalue weighted by molar-refractivity contribution is -0.121. The van der Waals surface area contributed by atoms with E-state index in [1.165, 1.54) is 17.3 Å². The Balaban J connectivity index is 1.86. The van der Waals surface area contributed by atoms with Gasteiger partial charge in [-0.05, 0) is 70.6 Å². The van der Waals surface area contributed by atoms with Crippen molar-refractivity contribution >= 4 is 51.5 Å². The molecule has 7 heteroatoms. The van der Waals surface area contributed by atoms with Gasteiger partial charge >= 0.3 is 0 Å². The Morgan fingerprint density at radius 1 is 1.29 bits per heavy atom. The van der Waals surface area contributed by atoms with Gasteiger partial charge in [0, 0.05) is 14.1 Å². The summed E-state index contributed by atoms with van der Waals surface area (Å²) in [7, 11) is 5.03. The number of methoxy groups -OCH3 is 1. The van der Waals surface area contributed by atoms with Gasteiger partial charge in [0.1, 0.15) is 6.61 Å². The van der Waals surface area contributed by atoms with Crippen LogP contribution in [0.25, 0.3) is 6.08 Å². The summed E-state index contributed by atoms with van der Waals surface area (Å²) in [6.07, 6.45) is 1.86. The van der Waals surface area contributed by atoms with E-state index in [9.17, 15) is 4.79 Å². The molecule has 0 saturated carbocycles. The fourth-order valence-corrected chi connectivity index (χ4v) is 4.53. The van der Waals surface area contributed by atoms with Crippen molar-refractivity contribution < 1.29 is 14.3 Å². The van der Waals surface area contributed by atoms with Crippen molar-refractivity contribution in [3.05, 3.63) is 61.6 Å². The molecule has 0 atom stereocenters. The number of ether oxygens (including phenoxy) is 2. The van der Waals surface area contributed by atoms with Crippen LogP contribution >= 0.6 is 34.4 Å². The topological polar surface area (TPSA) is 51.1 Å². The predicted molar refractivity (Wildman–Crippen MR) is 123 cm³/mol. The van der Waals surface area contributed by atoms with Gasteiger partial charge in [0.15, 0.2) is 16.7 Å². The third kappa shape index (κ3) is 4.52. The molecule has 0 bridgehead atoms. The van der Waals surface area contributed by atoms with Crippen LogP contribution in [0.5, 0.6) is 11.5 Å². The average Bonchev–Trinajstić information content (AvgIpc) is 2.94. The van der Waals surface area contributed by atoms with Gasteiger partial charge in [-0.2, -0.15) is 0 Å². The largest absolute Gasteiger partial charge is 0.493 e. The van der Waals surface area contributed by atoms with E-state index in [1.807, 2.05) is 30.3 Å². The minimum absolute atomic E-state index is 0.0562. The fourth-order valence-electron chi connectivity index (χ4n) is 2.82. The Morgan fingerprint density at radius 3 is 2.71 bits per heavy atom. The normalized spacial score (nSPS) is 16.9. The molecule has 1 heterocycles. The first-order chi connectivity index (χ1) is 13.4. The van der Waals surface area contributed by atoms with Crippen LogP contribution in [0.15, 0.2) is 46.3 Å². The lowest BCUT2D eigenvalue weighted by Gasteiger charge is -2.14. The number of thioether (sulfide) groups is 1. The molecule has 146 valence electrons. The maximum Gasteiger partial charge on any atom is 0.266 e. The van der Waals surface area contributed by atoms with Crippen molar-refractivity contribution in [3.8, 4) is 11.5 Å². The van der Waals surface area contributed by atoms with Crippen molar-refractivity contribution in [1.82, 2.24) is 4.90 Å². The molecule has 0 spiro atoms. The van der Waals surface area contributed by atoms with Gasteiger partial charge in [0.25, 0.3) is 5.91 Å². The number of benzene rings is 2. The zero-order chi connectivity index (χ0) is 20.3. The highest BCUT2D eigenvalue weighted by Crippen LogP contribution is 2.37. The summed E-state index contributed by atoms with van der Waals surface area (Å²) in [6, 6.07) is 12.1.